The molecule has 0 radical (unpaired) electrons. The smallest absolute Gasteiger partial charge is 0.375 e. The maximum atomic E-state index is 12.9. The SMILES string of the molecule is CCOC(=O)c1nc(-c2cncc(F)c2)n[nH]1. The van der Waals surface area contributed by atoms with Gasteiger partial charge in [0, 0.05) is 11.8 Å². The lowest BCUT2D eigenvalue weighted by atomic mass is 10.3. The predicted molar refractivity (Wildman–Crippen MR) is 55.5 cm³/mol. The van der Waals surface area contributed by atoms with Crippen LogP contribution in [0, 0.1) is 5.82 Å². The van der Waals surface area contributed by atoms with Crippen LogP contribution < -0.4 is 0 Å². The van der Waals surface area contributed by atoms with Gasteiger partial charge in [-0.15, -0.1) is 0 Å². The molecule has 2 rings (SSSR count). The maximum Gasteiger partial charge on any atom is 0.375 e. The summed E-state index contributed by atoms with van der Waals surface area (Å²) < 4.78 is 17.7. The highest BCUT2D eigenvalue weighted by Crippen LogP contribution is 2.14. The number of esters is 1. The number of aromatic amines is 1. The monoisotopic (exact) mass is 236 g/mol. The minimum Gasteiger partial charge on any atom is -0.460 e. The number of aromatic nitrogens is 4. The van der Waals surface area contributed by atoms with E-state index in [4.69, 9.17) is 4.74 Å². The number of H-pyrrole nitrogens is 1. The van der Waals surface area contributed by atoms with Crippen molar-refractivity contribution in [2.75, 3.05) is 6.61 Å². The second-order valence-electron chi connectivity index (χ2n) is 3.12. The largest absolute Gasteiger partial charge is 0.460 e. The van der Waals surface area contributed by atoms with Crippen LogP contribution in [-0.4, -0.2) is 32.7 Å². The first-order valence-electron chi connectivity index (χ1n) is 4.91. The molecule has 0 atom stereocenters. The Morgan fingerprint density at radius 2 is 2.35 bits per heavy atom. The summed E-state index contributed by atoms with van der Waals surface area (Å²) >= 11 is 0. The summed E-state index contributed by atoms with van der Waals surface area (Å²) in [6, 6.07) is 1.23. The van der Waals surface area contributed by atoms with Crippen molar-refractivity contribution < 1.29 is 13.9 Å². The number of carbonyl (C=O) groups excluding carboxylic acids is 1. The second kappa shape index (κ2) is 4.69. The van der Waals surface area contributed by atoms with E-state index in [0.717, 1.165) is 6.20 Å². The van der Waals surface area contributed by atoms with Crippen molar-refractivity contribution in [3.8, 4) is 11.4 Å². The van der Waals surface area contributed by atoms with Gasteiger partial charge in [-0.3, -0.25) is 10.1 Å². The molecular weight excluding hydrogens is 227 g/mol. The highest BCUT2D eigenvalue weighted by molar-refractivity contribution is 5.85. The van der Waals surface area contributed by atoms with Crippen molar-refractivity contribution in [2.24, 2.45) is 0 Å². The summed E-state index contributed by atoms with van der Waals surface area (Å²) in [6.45, 7) is 1.93. The maximum absolute atomic E-state index is 12.9. The first kappa shape index (κ1) is 11.2. The van der Waals surface area contributed by atoms with E-state index in [1.54, 1.807) is 6.92 Å². The number of rotatable bonds is 3. The van der Waals surface area contributed by atoms with Crippen molar-refractivity contribution in [3.63, 3.8) is 0 Å². The van der Waals surface area contributed by atoms with Crippen molar-refractivity contribution in [2.45, 2.75) is 6.92 Å². The Balaban J connectivity index is 2.27. The van der Waals surface area contributed by atoms with E-state index in [9.17, 15) is 9.18 Å². The van der Waals surface area contributed by atoms with E-state index in [1.165, 1.54) is 12.3 Å². The quantitative estimate of drug-likeness (QED) is 0.809. The molecule has 17 heavy (non-hydrogen) atoms. The van der Waals surface area contributed by atoms with Crippen LogP contribution in [0.2, 0.25) is 0 Å². The van der Waals surface area contributed by atoms with Crippen LogP contribution in [0.15, 0.2) is 18.5 Å². The molecule has 0 aromatic carbocycles. The Morgan fingerprint density at radius 1 is 1.53 bits per heavy atom. The number of nitrogens with one attached hydrogen (secondary N) is 1. The second-order valence-corrected chi connectivity index (χ2v) is 3.12. The molecule has 0 unspecified atom stereocenters. The number of hydrogen-bond acceptors (Lipinski definition) is 5. The third-order valence-electron chi connectivity index (χ3n) is 1.92. The summed E-state index contributed by atoms with van der Waals surface area (Å²) in [5, 5.41) is 6.21. The fraction of sp³-hybridized carbons (Fsp3) is 0.200. The number of carbonyl (C=O) groups is 1. The summed E-state index contributed by atoms with van der Waals surface area (Å²) in [4.78, 5) is 18.9. The Bertz CT molecular complexity index is 541. The lowest BCUT2D eigenvalue weighted by Crippen LogP contribution is -2.06. The number of halogens is 1. The molecule has 0 amide bonds. The average molecular weight is 236 g/mol. The fourth-order valence-electron chi connectivity index (χ4n) is 1.22. The highest BCUT2D eigenvalue weighted by Gasteiger charge is 2.14. The van der Waals surface area contributed by atoms with Crippen LogP contribution in [0.3, 0.4) is 0 Å². The zero-order chi connectivity index (χ0) is 12.3. The molecular formula is C10H9FN4O2. The van der Waals surface area contributed by atoms with Crippen LogP contribution in [0.25, 0.3) is 11.4 Å². The van der Waals surface area contributed by atoms with E-state index in [0.29, 0.717) is 5.56 Å². The molecule has 0 saturated heterocycles. The number of pyridine rings is 1. The molecule has 0 aliphatic heterocycles. The molecule has 88 valence electrons. The topological polar surface area (TPSA) is 80.8 Å². The van der Waals surface area contributed by atoms with Gasteiger partial charge in [-0.25, -0.2) is 14.2 Å². The van der Waals surface area contributed by atoms with Crippen LogP contribution in [-0.2, 0) is 4.74 Å². The van der Waals surface area contributed by atoms with Gasteiger partial charge in [-0.05, 0) is 13.0 Å². The molecule has 2 heterocycles. The highest BCUT2D eigenvalue weighted by atomic mass is 19.1. The lowest BCUT2D eigenvalue weighted by molar-refractivity contribution is 0.0512. The van der Waals surface area contributed by atoms with Gasteiger partial charge in [-0.2, -0.15) is 5.10 Å². The van der Waals surface area contributed by atoms with Gasteiger partial charge >= 0.3 is 5.97 Å². The van der Waals surface area contributed by atoms with Gasteiger partial charge < -0.3 is 4.74 Å². The molecule has 0 aliphatic carbocycles. The fourth-order valence-corrected chi connectivity index (χ4v) is 1.22. The van der Waals surface area contributed by atoms with E-state index in [2.05, 4.69) is 20.2 Å². The zero-order valence-electron chi connectivity index (χ0n) is 8.98. The van der Waals surface area contributed by atoms with Gasteiger partial charge in [-0.1, -0.05) is 0 Å². The van der Waals surface area contributed by atoms with Crippen LogP contribution in [0.5, 0.6) is 0 Å². The molecule has 1 N–H and O–H groups in total. The van der Waals surface area contributed by atoms with E-state index < -0.39 is 11.8 Å². The summed E-state index contributed by atoms with van der Waals surface area (Å²) in [6.07, 6.45) is 2.48. The Morgan fingerprint density at radius 3 is 3.06 bits per heavy atom. The lowest BCUT2D eigenvalue weighted by Gasteiger charge is -1.95. The first-order valence-corrected chi connectivity index (χ1v) is 4.91. The molecule has 2 aromatic heterocycles. The van der Waals surface area contributed by atoms with Gasteiger partial charge in [0.2, 0.25) is 5.82 Å². The molecule has 2 aromatic rings. The zero-order valence-corrected chi connectivity index (χ0v) is 8.98. The Hall–Kier alpha value is -2.31. The van der Waals surface area contributed by atoms with Crippen LogP contribution >= 0.6 is 0 Å². The van der Waals surface area contributed by atoms with Gasteiger partial charge in [0.15, 0.2) is 5.82 Å². The van der Waals surface area contributed by atoms with Gasteiger partial charge in [0.25, 0.3) is 0 Å². The minimum absolute atomic E-state index is 0.0221. The van der Waals surface area contributed by atoms with Gasteiger partial charge in [0.05, 0.1) is 12.8 Å². The average Bonchev–Trinajstić information content (AvgIpc) is 2.78. The first-order chi connectivity index (χ1) is 8.20. The van der Waals surface area contributed by atoms with Crippen molar-refractivity contribution in [1.82, 2.24) is 20.2 Å². The van der Waals surface area contributed by atoms with E-state index in [-0.39, 0.29) is 18.3 Å². The molecule has 0 saturated carbocycles. The Labute approximate surface area is 95.9 Å². The number of nitrogens with zero attached hydrogens (tertiary/aromatic N) is 3. The molecule has 6 nitrogen and oxygen atoms in total. The predicted octanol–water partition coefficient (Wildman–Crippen LogP) is 1.18. The molecule has 7 heteroatoms. The minimum atomic E-state index is -0.601. The van der Waals surface area contributed by atoms with Crippen molar-refractivity contribution in [1.29, 1.82) is 0 Å². The normalized spacial score (nSPS) is 10.2. The molecule has 0 aliphatic rings. The summed E-state index contributed by atoms with van der Waals surface area (Å²) in [5.41, 5.74) is 0.386. The van der Waals surface area contributed by atoms with Crippen LogP contribution in [0.1, 0.15) is 17.5 Å². The number of ether oxygens (including phenoxy) is 1. The van der Waals surface area contributed by atoms with E-state index in [1.807, 2.05) is 0 Å². The third-order valence-corrected chi connectivity index (χ3v) is 1.92. The van der Waals surface area contributed by atoms with Crippen molar-refractivity contribution in [3.05, 3.63) is 30.1 Å². The molecule has 0 fully saturated rings. The summed E-state index contributed by atoms with van der Waals surface area (Å²) in [5.74, 6) is -0.924. The Kier molecular flexibility index (Phi) is 3.08. The van der Waals surface area contributed by atoms with Gasteiger partial charge in [0.1, 0.15) is 5.82 Å². The van der Waals surface area contributed by atoms with Crippen LogP contribution in [0.4, 0.5) is 4.39 Å². The molecule has 0 bridgehead atoms. The number of hydrogen-bond donors (Lipinski definition) is 1. The molecule has 0 spiro atoms. The standard InChI is InChI=1S/C10H9FN4O2/c1-2-17-10(16)9-13-8(14-15-9)6-3-7(11)5-12-4-6/h3-5H,2H2,1H3,(H,13,14,15). The summed E-state index contributed by atoms with van der Waals surface area (Å²) in [7, 11) is 0. The van der Waals surface area contributed by atoms with E-state index >= 15 is 0 Å². The van der Waals surface area contributed by atoms with Crippen molar-refractivity contribution >= 4 is 5.97 Å². The third kappa shape index (κ3) is 2.44.